The molecule has 4 aromatic carbocycles. The van der Waals surface area contributed by atoms with Crippen LogP contribution in [-0.4, -0.2) is 11.7 Å². The molecule has 0 aromatic heterocycles. The lowest BCUT2D eigenvalue weighted by Crippen LogP contribution is -2.77. The van der Waals surface area contributed by atoms with Crippen LogP contribution in [0.3, 0.4) is 0 Å². The van der Waals surface area contributed by atoms with Crippen LogP contribution in [-0.2, 0) is 49.4 Å². The molecule has 374 valence electrons. The average Bonchev–Trinajstić information content (AvgIpc) is 3.14. The molecule has 0 spiro atoms. The molecular formula is C42H30BF24N. The Hall–Kier alpha value is -4.78. The highest BCUT2D eigenvalue weighted by molar-refractivity contribution is 7.20. The van der Waals surface area contributed by atoms with E-state index in [2.05, 4.69) is 5.73 Å². The highest BCUT2D eigenvalue weighted by Gasteiger charge is 2.52. The third kappa shape index (κ3) is 11.0. The Kier molecular flexibility index (Phi) is 12.9. The van der Waals surface area contributed by atoms with E-state index in [0.717, 1.165) is 17.8 Å². The van der Waals surface area contributed by atoms with E-state index < -0.39 is 195 Å². The normalized spacial score (nSPS) is 21.8. The number of alkyl halides is 24. The number of hydrogen-bond donors (Lipinski definition) is 1. The fraction of sp³-hybridized carbons (Fsp3) is 0.429. The maximum absolute atomic E-state index is 14.2. The van der Waals surface area contributed by atoms with Crippen molar-refractivity contribution in [3.8, 4) is 0 Å². The maximum Gasteiger partial charge on any atom is 0.416 e. The van der Waals surface area contributed by atoms with Gasteiger partial charge >= 0.3 is 49.4 Å². The van der Waals surface area contributed by atoms with Crippen molar-refractivity contribution in [2.24, 2.45) is 17.8 Å². The van der Waals surface area contributed by atoms with Crippen LogP contribution in [0.25, 0.3) is 0 Å². The number of hydrogen-bond acceptors (Lipinski definition) is 0. The topological polar surface area (TPSA) is 27.6 Å². The van der Waals surface area contributed by atoms with Gasteiger partial charge in [0.15, 0.2) is 0 Å². The van der Waals surface area contributed by atoms with Gasteiger partial charge in [0.25, 0.3) is 0 Å². The predicted octanol–water partition coefficient (Wildman–Crippen LogP) is 12.4. The van der Waals surface area contributed by atoms with E-state index in [0.29, 0.717) is 5.54 Å². The molecule has 4 aromatic rings. The first-order chi connectivity index (χ1) is 30.5. The Bertz CT molecular complexity index is 2040. The van der Waals surface area contributed by atoms with Gasteiger partial charge in [-0.15, -0.1) is 0 Å². The lowest BCUT2D eigenvalue weighted by atomic mass is 9.12. The highest BCUT2D eigenvalue weighted by atomic mass is 19.4. The van der Waals surface area contributed by atoms with Gasteiger partial charge in [-0.05, 0) is 61.3 Å². The molecule has 0 heterocycles. The monoisotopic (exact) mass is 1020 g/mol. The van der Waals surface area contributed by atoms with Crippen molar-refractivity contribution < 1.29 is 111 Å². The predicted molar refractivity (Wildman–Crippen MR) is 194 cm³/mol. The van der Waals surface area contributed by atoms with Crippen LogP contribution in [0.15, 0.2) is 72.8 Å². The third-order valence-electron chi connectivity index (χ3n) is 12.6. The van der Waals surface area contributed by atoms with E-state index in [9.17, 15) is 105 Å². The van der Waals surface area contributed by atoms with E-state index in [-0.39, 0.29) is 0 Å². The maximum atomic E-state index is 14.2. The van der Waals surface area contributed by atoms with Crippen LogP contribution in [0, 0.1) is 17.8 Å². The van der Waals surface area contributed by atoms with Crippen molar-refractivity contribution >= 4 is 28.0 Å². The Labute approximate surface area is 367 Å². The fourth-order valence-corrected chi connectivity index (χ4v) is 10.4. The van der Waals surface area contributed by atoms with E-state index >= 15 is 0 Å². The van der Waals surface area contributed by atoms with Gasteiger partial charge in [0.05, 0.1) is 50.0 Å². The van der Waals surface area contributed by atoms with Gasteiger partial charge in [-0.3, -0.25) is 0 Å². The van der Waals surface area contributed by atoms with Crippen molar-refractivity contribution in [1.29, 1.82) is 0 Å². The van der Waals surface area contributed by atoms with Crippen LogP contribution in [0.5, 0.6) is 0 Å². The van der Waals surface area contributed by atoms with Crippen LogP contribution >= 0.6 is 0 Å². The van der Waals surface area contributed by atoms with Crippen LogP contribution < -0.4 is 27.6 Å². The highest BCUT2D eigenvalue weighted by Crippen LogP contribution is 2.54. The first-order valence-corrected chi connectivity index (χ1v) is 19.7. The van der Waals surface area contributed by atoms with Crippen molar-refractivity contribution in [2.45, 2.75) is 93.5 Å². The van der Waals surface area contributed by atoms with Crippen LogP contribution in [0.4, 0.5) is 105 Å². The lowest BCUT2D eigenvalue weighted by molar-refractivity contribution is -0.504. The molecule has 0 amide bonds. The molecule has 4 aliphatic carbocycles. The van der Waals surface area contributed by atoms with Gasteiger partial charge < -0.3 is 5.73 Å². The number of halogens is 24. The van der Waals surface area contributed by atoms with Crippen LogP contribution in [0.2, 0.25) is 0 Å². The molecule has 0 radical (unpaired) electrons. The van der Waals surface area contributed by atoms with E-state index in [4.69, 9.17) is 0 Å². The zero-order valence-electron chi connectivity index (χ0n) is 33.8. The molecule has 4 fully saturated rings. The van der Waals surface area contributed by atoms with Crippen molar-refractivity contribution in [3.63, 3.8) is 0 Å². The Morgan fingerprint density at radius 3 is 0.559 bits per heavy atom. The fourth-order valence-electron chi connectivity index (χ4n) is 10.4. The summed E-state index contributed by atoms with van der Waals surface area (Å²) in [7, 11) is 0. The van der Waals surface area contributed by atoms with Crippen molar-refractivity contribution in [1.82, 2.24) is 0 Å². The standard InChI is InChI=1S/C32H12BF24.C10H17N/c34-25(35,36)13-1-14(26(37,38)39)6-21(5-13)33(22-7-15(27(40,41)42)2-16(8-22)28(43,44)45,23-9-17(29(46,47)48)3-18(10-23)30(49,50)51)24-11-19(31(52,53)54)4-20(12-24)32(55,56)57;11-10-4-7-1-8(5-10)3-9(2-7)6-10/h1-12H;7-9H,1-6,11H2/q-1;/p+1. The second-order valence-corrected chi connectivity index (χ2v) is 17.6. The molecule has 0 saturated heterocycles. The van der Waals surface area contributed by atoms with E-state index in [1.807, 2.05) is 0 Å². The summed E-state index contributed by atoms with van der Waals surface area (Å²) in [5, 5.41) is 0. The molecule has 0 aliphatic heterocycles. The van der Waals surface area contributed by atoms with Gasteiger partial charge in [-0.2, -0.15) is 127 Å². The lowest BCUT2D eigenvalue weighted by Gasteiger charge is -2.52. The number of rotatable bonds is 4. The minimum atomic E-state index is -6.13. The quantitative estimate of drug-likeness (QED) is 0.156. The van der Waals surface area contributed by atoms with E-state index in [1.54, 1.807) is 19.3 Å². The Morgan fingerprint density at radius 2 is 0.441 bits per heavy atom. The summed E-state index contributed by atoms with van der Waals surface area (Å²) in [5.74, 6) is 3.25. The largest absolute Gasteiger partial charge is 0.416 e. The summed E-state index contributed by atoms with van der Waals surface area (Å²) in [4.78, 5) is 0. The summed E-state index contributed by atoms with van der Waals surface area (Å²) in [6, 6.07) is -8.81. The zero-order chi connectivity index (χ0) is 51.4. The third-order valence-corrected chi connectivity index (χ3v) is 12.6. The molecule has 3 N–H and O–H groups in total. The summed E-state index contributed by atoms with van der Waals surface area (Å²) >= 11 is 0. The summed E-state index contributed by atoms with van der Waals surface area (Å²) in [5.41, 5.74) is -25.2. The summed E-state index contributed by atoms with van der Waals surface area (Å²) in [6.07, 6.45) is -45.8. The molecule has 4 bridgehead atoms. The Morgan fingerprint density at radius 1 is 0.294 bits per heavy atom. The minimum Gasteiger partial charge on any atom is -0.353 e. The van der Waals surface area contributed by atoms with Gasteiger partial charge in [0, 0.05) is 19.3 Å². The first-order valence-electron chi connectivity index (χ1n) is 19.7. The Balaban J connectivity index is 0.000000593. The smallest absolute Gasteiger partial charge is 0.353 e. The molecular weight excluding hydrogens is 985 g/mol. The number of benzene rings is 4. The molecule has 0 unspecified atom stereocenters. The second-order valence-electron chi connectivity index (χ2n) is 17.6. The molecule has 4 aliphatic rings. The summed E-state index contributed by atoms with van der Waals surface area (Å²) < 4.78 is 341. The van der Waals surface area contributed by atoms with Crippen molar-refractivity contribution in [2.75, 3.05) is 0 Å². The van der Waals surface area contributed by atoms with Gasteiger partial charge in [0.1, 0.15) is 6.15 Å². The second kappa shape index (κ2) is 16.7. The van der Waals surface area contributed by atoms with Gasteiger partial charge in [-0.25, -0.2) is 0 Å². The average molecular weight is 1020 g/mol. The molecule has 26 heteroatoms. The minimum absolute atomic E-state index is 0.550. The van der Waals surface area contributed by atoms with Gasteiger partial charge in [-0.1, -0.05) is 48.5 Å². The first kappa shape index (κ1) is 52.6. The molecule has 4 saturated carbocycles. The molecule has 68 heavy (non-hydrogen) atoms. The SMILES string of the molecule is FC(F)(F)c1cc([B-](c2cc(C(F)(F)F)cc(C(F)(F)F)c2)(c2cc(C(F)(F)F)cc(C(F)(F)F)c2)c2cc(C(F)(F)F)cc(C(F)(F)F)c2)cc(C(F)(F)F)c1.[NH3+]C12CC3CC(CC(C3)C1)C2. The van der Waals surface area contributed by atoms with Crippen molar-refractivity contribution in [3.05, 3.63) is 117 Å². The zero-order valence-corrected chi connectivity index (χ0v) is 33.8. The summed E-state index contributed by atoms with van der Waals surface area (Å²) in [6.45, 7) is 0. The molecule has 8 rings (SSSR count). The number of quaternary nitrogens is 1. The van der Waals surface area contributed by atoms with Gasteiger partial charge in [0.2, 0.25) is 0 Å². The molecule has 1 nitrogen and oxygen atoms in total. The van der Waals surface area contributed by atoms with E-state index in [1.165, 1.54) is 19.3 Å². The van der Waals surface area contributed by atoms with Crippen LogP contribution in [0.1, 0.15) is 83.0 Å². The molecule has 0 atom stereocenters.